The molecule has 1 saturated heterocycles. The van der Waals surface area contributed by atoms with E-state index in [1.54, 1.807) is 4.90 Å². The molecule has 2 aromatic carbocycles. The number of benzene rings is 2. The van der Waals surface area contributed by atoms with Crippen molar-refractivity contribution < 1.29 is 9.59 Å². The second-order valence-electron chi connectivity index (χ2n) is 7.48. The summed E-state index contributed by atoms with van der Waals surface area (Å²) in [5.41, 5.74) is 3.12. The van der Waals surface area contributed by atoms with Crippen LogP contribution in [0, 0.1) is 0 Å². The van der Waals surface area contributed by atoms with Crippen LogP contribution in [0.2, 0.25) is 0 Å². The molecule has 1 fully saturated rings. The van der Waals surface area contributed by atoms with Gasteiger partial charge in [-0.1, -0.05) is 43.3 Å². The molecule has 2 amide bonds. The number of hydrogen-bond acceptors (Lipinski definition) is 5. The molecule has 2 heterocycles. The van der Waals surface area contributed by atoms with Gasteiger partial charge in [0, 0.05) is 31.9 Å². The van der Waals surface area contributed by atoms with Gasteiger partial charge >= 0.3 is 0 Å². The molecule has 31 heavy (non-hydrogen) atoms. The van der Waals surface area contributed by atoms with Crippen LogP contribution in [0.25, 0.3) is 5.69 Å². The number of carbonyl (C=O) groups excluding carboxylic acids is 2. The fourth-order valence-corrected chi connectivity index (χ4v) is 3.66. The number of hydrogen-bond donors (Lipinski definition) is 1. The van der Waals surface area contributed by atoms with Crippen molar-refractivity contribution in [1.29, 1.82) is 0 Å². The Kier molecular flexibility index (Phi) is 6.37. The van der Waals surface area contributed by atoms with Crippen LogP contribution >= 0.6 is 0 Å². The molecular formula is C23H26N6O2. The number of piperazine rings is 1. The predicted octanol–water partition coefficient (Wildman–Crippen LogP) is 2.23. The first-order valence-corrected chi connectivity index (χ1v) is 10.5. The lowest BCUT2D eigenvalue weighted by atomic mass is 10.1. The molecule has 8 heteroatoms. The number of rotatable bonds is 6. The number of aromatic nitrogens is 3. The molecule has 160 valence electrons. The summed E-state index contributed by atoms with van der Waals surface area (Å²) in [6, 6.07) is 17.3. The summed E-state index contributed by atoms with van der Waals surface area (Å²) >= 11 is 0. The first-order chi connectivity index (χ1) is 15.1. The zero-order chi connectivity index (χ0) is 21.6. The third-order valence-electron chi connectivity index (χ3n) is 5.40. The van der Waals surface area contributed by atoms with E-state index in [0.717, 1.165) is 23.4 Å². The molecule has 0 spiro atoms. The largest absolute Gasteiger partial charge is 0.335 e. The van der Waals surface area contributed by atoms with Gasteiger partial charge in [0.2, 0.25) is 5.91 Å². The molecule has 3 aromatic rings. The van der Waals surface area contributed by atoms with E-state index < -0.39 is 0 Å². The smallest absolute Gasteiger partial charge is 0.276 e. The van der Waals surface area contributed by atoms with E-state index >= 15 is 0 Å². The minimum absolute atomic E-state index is 0.0357. The molecular weight excluding hydrogens is 392 g/mol. The average Bonchev–Trinajstić information content (AvgIpc) is 3.30. The Hall–Kier alpha value is -3.52. The summed E-state index contributed by atoms with van der Waals surface area (Å²) in [6.07, 6.45) is 2.37. The summed E-state index contributed by atoms with van der Waals surface area (Å²) in [4.78, 5) is 30.6. The lowest BCUT2D eigenvalue weighted by molar-refractivity contribution is -0.117. The van der Waals surface area contributed by atoms with Crippen molar-refractivity contribution >= 4 is 17.5 Å². The van der Waals surface area contributed by atoms with Crippen LogP contribution in [0.4, 0.5) is 5.69 Å². The highest BCUT2D eigenvalue weighted by molar-refractivity contribution is 5.93. The summed E-state index contributed by atoms with van der Waals surface area (Å²) in [6.45, 7) is 4.76. The maximum absolute atomic E-state index is 12.8. The van der Waals surface area contributed by atoms with E-state index in [1.807, 2.05) is 54.6 Å². The van der Waals surface area contributed by atoms with E-state index in [4.69, 9.17) is 0 Å². The van der Waals surface area contributed by atoms with Crippen LogP contribution in [-0.2, 0) is 11.2 Å². The van der Waals surface area contributed by atoms with Gasteiger partial charge < -0.3 is 10.2 Å². The lowest BCUT2D eigenvalue weighted by Gasteiger charge is -2.33. The molecule has 0 atom stereocenters. The van der Waals surface area contributed by atoms with Crippen molar-refractivity contribution in [2.45, 2.75) is 13.3 Å². The number of carbonyl (C=O) groups is 2. The van der Waals surface area contributed by atoms with Crippen LogP contribution in [0.5, 0.6) is 0 Å². The number of amides is 2. The van der Waals surface area contributed by atoms with Crippen molar-refractivity contribution in [2.24, 2.45) is 0 Å². The van der Waals surface area contributed by atoms with E-state index in [2.05, 4.69) is 27.3 Å². The topological polar surface area (TPSA) is 83.4 Å². The zero-order valence-corrected chi connectivity index (χ0v) is 17.6. The quantitative estimate of drug-likeness (QED) is 0.664. The van der Waals surface area contributed by atoms with Crippen molar-refractivity contribution in [3.8, 4) is 5.69 Å². The molecule has 1 N–H and O–H groups in total. The van der Waals surface area contributed by atoms with E-state index in [-0.39, 0.29) is 11.8 Å². The maximum Gasteiger partial charge on any atom is 0.276 e. The summed E-state index contributed by atoms with van der Waals surface area (Å²) < 4.78 is 0. The molecule has 0 saturated carbocycles. The minimum atomic E-state index is -0.136. The van der Waals surface area contributed by atoms with Crippen LogP contribution < -0.4 is 5.32 Å². The number of nitrogens with zero attached hydrogens (tertiary/aromatic N) is 5. The van der Waals surface area contributed by atoms with Gasteiger partial charge in [-0.3, -0.25) is 14.5 Å². The van der Waals surface area contributed by atoms with Crippen molar-refractivity contribution in [3.63, 3.8) is 0 Å². The van der Waals surface area contributed by atoms with E-state index in [1.165, 1.54) is 11.0 Å². The normalized spacial score (nSPS) is 14.4. The third kappa shape index (κ3) is 4.97. The van der Waals surface area contributed by atoms with Gasteiger partial charge in [-0.2, -0.15) is 9.90 Å². The van der Waals surface area contributed by atoms with Gasteiger partial charge in [0.15, 0.2) is 5.69 Å². The van der Waals surface area contributed by atoms with E-state index in [9.17, 15) is 9.59 Å². The molecule has 1 aromatic heterocycles. The number of nitrogens with one attached hydrogen (secondary N) is 1. The fourth-order valence-electron chi connectivity index (χ4n) is 3.66. The van der Waals surface area contributed by atoms with Gasteiger partial charge in [0.1, 0.15) is 0 Å². The molecule has 1 aliphatic rings. The molecule has 0 unspecified atom stereocenters. The molecule has 0 bridgehead atoms. The predicted molar refractivity (Wildman–Crippen MR) is 118 cm³/mol. The molecule has 0 radical (unpaired) electrons. The Balaban J connectivity index is 1.29. The maximum atomic E-state index is 12.8. The Morgan fingerprint density at radius 2 is 1.68 bits per heavy atom. The van der Waals surface area contributed by atoms with Gasteiger partial charge in [0.05, 0.1) is 18.4 Å². The van der Waals surface area contributed by atoms with Crippen LogP contribution in [0.15, 0.2) is 60.8 Å². The first-order valence-electron chi connectivity index (χ1n) is 10.5. The van der Waals surface area contributed by atoms with Crippen LogP contribution in [0.1, 0.15) is 23.0 Å². The highest BCUT2D eigenvalue weighted by Gasteiger charge is 2.25. The van der Waals surface area contributed by atoms with Crippen LogP contribution in [-0.4, -0.2) is 69.3 Å². The van der Waals surface area contributed by atoms with Crippen molar-refractivity contribution in [1.82, 2.24) is 24.8 Å². The highest BCUT2D eigenvalue weighted by atomic mass is 16.2. The first kappa shape index (κ1) is 20.7. The lowest BCUT2D eigenvalue weighted by Crippen LogP contribution is -2.50. The average molecular weight is 419 g/mol. The van der Waals surface area contributed by atoms with Gasteiger partial charge in [-0.25, -0.2) is 0 Å². The third-order valence-corrected chi connectivity index (χ3v) is 5.40. The Morgan fingerprint density at radius 1 is 0.968 bits per heavy atom. The molecule has 4 rings (SSSR count). The van der Waals surface area contributed by atoms with Crippen molar-refractivity contribution in [2.75, 3.05) is 38.0 Å². The number of para-hydroxylation sites is 2. The summed E-state index contributed by atoms with van der Waals surface area (Å²) in [5, 5.41) is 11.5. The molecule has 8 nitrogen and oxygen atoms in total. The number of aryl methyl sites for hydroxylation is 1. The Morgan fingerprint density at radius 3 is 2.42 bits per heavy atom. The zero-order valence-electron chi connectivity index (χ0n) is 17.6. The second kappa shape index (κ2) is 9.53. The number of anilines is 1. The van der Waals surface area contributed by atoms with Gasteiger partial charge in [-0.15, -0.1) is 5.10 Å². The second-order valence-corrected chi connectivity index (χ2v) is 7.48. The monoisotopic (exact) mass is 418 g/mol. The van der Waals surface area contributed by atoms with Crippen molar-refractivity contribution in [3.05, 3.63) is 72.1 Å². The SMILES string of the molecule is CCc1ccccc1NC(=O)CN1CCN(C(=O)c2cnn(-c3ccccc3)n2)CC1. The van der Waals surface area contributed by atoms with Gasteiger partial charge in [-0.05, 0) is 30.2 Å². The minimum Gasteiger partial charge on any atom is -0.335 e. The van der Waals surface area contributed by atoms with Gasteiger partial charge in [0.25, 0.3) is 5.91 Å². The van der Waals surface area contributed by atoms with Crippen LogP contribution in [0.3, 0.4) is 0 Å². The summed E-state index contributed by atoms with van der Waals surface area (Å²) in [7, 11) is 0. The Bertz CT molecular complexity index is 1040. The standard InChI is InChI=1S/C23H26N6O2/c1-2-18-8-6-7-11-20(18)25-22(30)17-27-12-14-28(15-13-27)23(31)21-16-24-29(26-21)19-9-4-3-5-10-19/h3-11,16H,2,12-15,17H2,1H3,(H,25,30). The molecule has 0 aliphatic carbocycles. The molecule has 1 aliphatic heterocycles. The summed E-state index contributed by atoms with van der Waals surface area (Å²) in [5.74, 6) is -0.172. The Labute approximate surface area is 181 Å². The van der Waals surface area contributed by atoms with E-state index in [0.29, 0.717) is 38.4 Å². The fraction of sp³-hybridized carbons (Fsp3) is 0.304. The highest BCUT2D eigenvalue weighted by Crippen LogP contribution is 2.15.